The minimum absolute atomic E-state index is 0.0840. The summed E-state index contributed by atoms with van der Waals surface area (Å²) in [6.45, 7) is 1.93. The summed E-state index contributed by atoms with van der Waals surface area (Å²) < 4.78 is 10.8. The number of carboxylic acid groups (broad SMARTS) is 1. The van der Waals surface area contributed by atoms with Gasteiger partial charge in [-0.1, -0.05) is 30.0 Å². The van der Waals surface area contributed by atoms with E-state index in [2.05, 4.69) is 0 Å². The summed E-state index contributed by atoms with van der Waals surface area (Å²) >= 11 is 0.924. The highest BCUT2D eigenvalue weighted by molar-refractivity contribution is 8.13. The minimum Gasteiger partial charge on any atom is -0.477 e. The van der Waals surface area contributed by atoms with Crippen LogP contribution in [-0.4, -0.2) is 23.7 Å². The second-order valence-electron chi connectivity index (χ2n) is 5.69. The zero-order valence-corrected chi connectivity index (χ0v) is 14.6. The van der Waals surface area contributed by atoms with Gasteiger partial charge in [-0.2, -0.15) is 0 Å². The van der Waals surface area contributed by atoms with Gasteiger partial charge < -0.3 is 14.3 Å². The minimum atomic E-state index is -1.08. The first kappa shape index (κ1) is 16.5. The molecular weight excluding hydrogens is 352 g/mol. The van der Waals surface area contributed by atoms with Gasteiger partial charge in [0.25, 0.3) is 0 Å². The van der Waals surface area contributed by atoms with Crippen molar-refractivity contribution in [1.29, 1.82) is 0 Å². The number of thioether (sulfide) groups is 1. The van der Waals surface area contributed by atoms with Crippen LogP contribution in [-0.2, 0) is 14.3 Å². The van der Waals surface area contributed by atoms with Crippen molar-refractivity contribution < 1.29 is 23.8 Å². The van der Waals surface area contributed by atoms with Gasteiger partial charge in [-0.3, -0.25) is 0 Å². The van der Waals surface area contributed by atoms with Crippen molar-refractivity contribution in [3.05, 3.63) is 58.3 Å². The van der Waals surface area contributed by atoms with Gasteiger partial charge in [0, 0.05) is 16.0 Å². The maximum atomic E-state index is 12.6. The molecule has 130 valence electrons. The van der Waals surface area contributed by atoms with Crippen LogP contribution in [0.2, 0.25) is 0 Å². The second kappa shape index (κ2) is 6.38. The number of hydrogen-bond donors (Lipinski definition) is 1. The Labute approximate surface area is 152 Å². The lowest BCUT2D eigenvalue weighted by Crippen LogP contribution is -2.20. The van der Waals surface area contributed by atoms with Crippen LogP contribution in [0.5, 0.6) is 0 Å². The Morgan fingerprint density at radius 1 is 1.19 bits per heavy atom. The zero-order chi connectivity index (χ0) is 18.3. The Kier molecular flexibility index (Phi) is 4.05. The molecule has 26 heavy (non-hydrogen) atoms. The van der Waals surface area contributed by atoms with Crippen LogP contribution in [0, 0.1) is 0 Å². The molecule has 0 aliphatic carbocycles. The topological polar surface area (TPSA) is 76.7 Å². The molecule has 0 saturated heterocycles. The second-order valence-corrected chi connectivity index (χ2v) is 6.74. The molecule has 0 spiro atoms. The highest BCUT2D eigenvalue weighted by atomic mass is 32.2. The largest absolute Gasteiger partial charge is 0.477 e. The lowest BCUT2D eigenvalue weighted by atomic mass is 10.1. The number of esters is 1. The molecule has 4 rings (SSSR count). The Morgan fingerprint density at radius 3 is 2.81 bits per heavy atom. The van der Waals surface area contributed by atoms with E-state index in [1.807, 2.05) is 24.3 Å². The van der Waals surface area contributed by atoms with E-state index in [4.69, 9.17) is 9.15 Å². The van der Waals surface area contributed by atoms with E-state index >= 15 is 0 Å². The molecule has 0 amide bonds. The standard InChI is InChI=1S/C20H14O5S/c1-2-24-20(23)18-16-11(10-15(26-18)19(21)22)5-3-7-13-14(16)9-12-6-4-8-25-17(12)13/h3-10H,2H2,1H3,(H,21,22). The number of hydrogen-bond acceptors (Lipinski definition) is 5. The normalized spacial score (nSPS) is 13.4. The molecule has 0 radical (unpaired) electrons. The summed E-state index contributed by atoms with van der Waals surface area (Å²) in [5.41, 5.74) is 1.39. The fraction of sp³-hybridized carbons (Fsp3) is 0.100. The van der Waals surface area contributed by atoms with Crippen LogP contribution in [0.15, 0.2) is 52.0 Å². The van der Waals surface area contributed by atoms with E-state index in [1.165, 1.54) is 0 Å². The maximum Gasteiger partial charge on any atom is 0.345 e. The predicted octanol–water partition coefficient (Wildman–Crippen LogP) is 3.71. The van der Waals surface area contributed by atoms with Crippen LogP contribution in [0.1, 0.15) is 12.5 Å². The Morgan fingerprint density at radius 2 is 2.04 bits per heavy atom. The molecule has 3 aromatic rings. The third-order valence-electron chi connectivity index (χ3n) is 4.13. The number of carbonyl (C=O) groups is 2. The van der Waals surface area contributed by atoms with Gasteiger partial charge in [0.05, 0.1) is 17.8 Å². The molecule has 1 aromatic heterocycles. The third kappa shape index (κ3) is 2.59. The number of fused-ring (bicyclic) bond motifs is 5. The van der Waals surface area contributed by atoms with Crippen molar-refractivity contribution in [3.8, 4) is 0 Å². The summed E-state index contributed by atoms with van der Waals surface area (Å²) in [5.74, 6) is -1.60. The van der Waals surface area contributed by atoms with E-state index in [0.717, 1.165) is 33.5 Å². The number of rotatable bonds is 3. The number of carbonyl (C=O) groups excluding carboxylic acids is 1. The van der Waals surface area contributed by atoms with E-state index < -0.39 is 11.9 Å². The highest BCUT2D eigenvalue weighted by Gasteiger charge is 2.25. The van der Waals surface area contributed by atoms with Gasteiger partial charge in [0.15, 0.2) is 0 Å². The quantitative estimate of drug-likeness (QED) is 0.712. The fourth-order valence-electron chi connectivity index (χ4n) is 3.09. The Bertz CT molecular complexity index is 1170. The zero-order valence-electron chi connectivity index (χ0n) is 13.8. The molecular formula is C20H14O5S. The molecule has 5 nitrogen and oxygen atoms in total. The van der Waals surface area contributed by atoms with Gasteiger partial charge in [-0.15, -0.1) is 0 Å². The van der Waals surface area contributed by atoms with Crippen molar-refractivity contribution in [1.82, 2.24) is 0 Å². The van der Waals surface area contributed by atoms with Crippen LogP contribution in [0.4, 0.5) is 0 Å². The van der Waals surface area contributed by atoms with Crippen molar-refractivity contribution in [2.75, 3.05) is 6.61 Å². The summed E-state index contributed by atoms with van der Waals surface area (Å²) in [6.07, 6.45) is 3.19. The highest BCUT2D eigenvalue weighted by Crippen LogP contribution is 2.34. The van der Waals surface area contributed by atoms with Gasteiger partial charge in [-0.25, -0.2) is 9.59 Å². The number of carboxylic acids is 1. The lowest BCUT2D eigenvalue weighted by Gasteiger charge is -2.13. The predicted molar refractivity (Wildman–Crippen MR) is 101 cm³/mol. The summed E-state index contributed by atoms with van der Waals surface area (Å²) in [5, 5.41) is 12.7. The summed E-state index contributed by atoms with van der Waals surface area (Å²) in [7, 11) is 0. The van der Waals surface area contributed by atoms with Gasteiger partial charge in [0.1, 0.15) is 10.5 Å². The average molecular weight is 366 g/mol. The Balaban J connectivity index is 2.18. The number of aliphatic carboxylic acids is 1. The van der Waals surface area contributed by atoms with E-state index in [-0.39, 0.29) is 16.4 Å². The van der Waals surface area contributed by atoms with Crippen molar-refractivity contribution in [3.63, 3.8) is 0 Å². The van der Waals surface area contributed by atoms with Gasteiger partial charge >= 0.3 is 11.9 Å². The molecule has 0 saturated carbocycles. The molecule has 0 atom stereocenters. The first-order valence-corrected chi connectivity index (χ1v) is 8.85. The van der Waals surface area contributed by atoms with Crippen LogP contribution in [0.3, 0.4) is 0 Å². The van der Waals surface area contributed by atoms with Crippen LogP contribution in [0.25, 0.3) is 32.7 Å². The van der Waals surface area contributed by atoms with Crippen LogP contribution >= 0.6 is 11.8 Å². The van der Waals surface area contributed by atoms with E-state index in [9.17, 15) is 14.7 Å². The summed E-state index contributed by atoms with van der Waals surface area (Å²) in [4.78, 5) is 24.4. The first-order chi connectivity index (χ1) is 12.6. The van der Waals surface area contributed by atoms with E-state index in [1.54, 1.807) is 31.4 Å². The SMILES string of the molecule is CCOC(=O)C1=c2c(cccc3c2cc2cccoc23)C=C(C(=O)O)S1. The van der Waals surface area contributed by atoms with Crippen molar-refractivity contribution >= 4 is 56.4 Å². The molecule has 2 aromatic carbocycles. The van der Waals surface area contributed by atoms with Crippen molar-refractivity contribution in [2.45, 2.75) is 6.92 Å². The first-order valence-electron chi connectivity index (χ1n) is 8.03. The fourth-order valence-corrected chi connectivity index (χ4v) is 4.06. The average Bonchev–Trinajstić information content (AvgIpc) is 2.89. The van der Waals surface area contributed by atoms with Crippen molar-refractivity contribution in [2.24, 2.45) is 0 Å². The molecule has 1 aliphatic heterocycles. The van der Waals surface area contributed by atoms with Gasteiger partial charge in [-0.05, 0) is 42.1 Å². The monoisotopic (exact) mass is 366 g/mol. The third-order valence-corrected chi connectivity index (χ3v) is 5.22. The Hall–Kier alpha value is -2.99. The maximum absolute atomic E-state index is 12.6. The molecule has 1 N–H and O–H groups in total. The van der Waals surface area contributed by atoms with Gasteiger partial charge in [0.2, 0.25) is 0 Å². The van der Waals surface area contributed by atoms with E-state index in [0.29, 0.717) is 10.8 Å². The molecule has 0 unspecified atom stereocenters. The summed E-state index contributed by atoms with van der Waals surface area (Å²) in [6, 6.07) is 11.2. The number of ether oxygens (including phenoxy) is 1. The lowest BCUT2D eigenvalue weighted by molar-refractivity contribution is -0.135. The molecule has 2 heterocycles. The molecule has 0 fully saturated rings. The molecule has 0 bridgehead atoms. The van der Waals surface area contributed by atoms with Crippen LogP contribution < -0.4 is 5.22 Å². The molecule has 6 heteroatoms. The smallest absolute Gasteiger partial charge is 0.345 e. The molecule has 1 aliphatic rings.